The molecule has 282 valence electrons. The molecule has 1 amide bonds. The second-order valence-electron chi connectivity index (χ2n) is 16.2. The zero-order valence-electron chi connectivity index (χ0n) is 30.8. The second-order valence-corrected chi connectivity index (χ2v) is 21.5. The molecule has 4 saturated heterocycles. The van der Waals surface area contributed by atoms with E-state index in [1.165, 1.54) is 18.2 Å². The SMILES string of the molecule is COCC1CNC(C(=O)Nc2ccc([C@H]3CC[C@H](c4cc5[nH]c([C@@H]6CCCN6)nc5cc4F)N3c3cc(F)c(N4CC[Si](C)(C)CC4)c(F)c3)cc2)C1. The summed E-state index contributed by atoms with van der Waals surface area (Å²) in [6.45, 7) is 8.19. The lowest BCUT2D eigenvalue weighted by atomic mass is 10.0. The van der Waals surface area contributed by atoms with Crippen LogP contribution in [0.1, 0.15) is 67.2 Å². The molecule has 0 radical (unpaired) electrons. The molecule has 4 aliphatic rings. The van der Waals surface area contributed by atoms with Crippen molar-refractivity contribution >= 4 is 42.1 Å². The second kappa shape index (κ2) is 14.7. The van der Waals surface area contributed by atoms with Crippen LogP contribution in [0.2, 0.25) is 25.2 Å². The Kier molecular flexibility index (Phi) is 10.0. The van der Waals surface area contributed by atoms with Crippen molar-refractivity contribution in [2.75, 3.05) is 55.0 Å². The summed E-state index contributed by atoms with van der Waals surface area (Å²) in [5.41, 5.74) is 3.73. The van der Waals surface area contributed by atoms with E-state index >= 15 is 13.2 Å². The van der Waals surface area contributed by atoms with Gasteiger partial charge in [0.05, 0.1) is 49.9 Å². The molecule has 3 aromatic carbocycles. The van der Waals surface area contributed by atoms with E-state index in [2.05, 4.69) is 34.0 Å². The smallest absolute Gasteiger partial charge is 0.241 e. The summed E-state index contributed by atoms with van der Waals surface area (Å²) >= 11 is 0. The van der Waals surface area contributed by atoms with Crippen LogP contribution in [-0.2, 0) is 9.53 Å². The molecular formula is C40H50F3N7O2Si. The number of halogens is 3. The molecule has 2 unspecified atom stereocenters. The van der Waals surface area contributed by atoms with Gasteiger partial charge >= 0.3 is 0 Å². The highest BCUT2D eigenvalue weighted by atomic mass is 28.3. The maximum atomic E-state index is 16.2. The lowest BCUT2D eigenvalue weighted by Crippen LogP contribution is -2.43. The third-order valence-corrected chi connectivity index (χ3v) is 15.1. The topological polar surface area (TPSA) is 97.5 Å². The van der Waals surface area contributed by atoms with E-state index in [0.717, 1.165) is 54.9 Å². The van der Waals surface area contributed by atoms with Gasteiger partial charge in [0.1, 0.15) is 17.3 Å². The molecule has 4 N–H and O–H groups in total. The molecule has 0 aliphatic carbocycles. The molecule has 4 fully saturated rings. The Hall–Kier alpha value is -3.91. The van der Waals surface area contributed by atoms with Crippen LogP contribution in [0.25, 0.3) is 11.0 Å². The molecule has 53 heavy (non-hydrogen) atoms. The van der Waals surface area contributed by atoms with Gasteiger partial charge in [0.2, 0.25) is 5.91 Å². The van der Waals surface area contributed by atoms with Crippen LogP contribution in [-0.4, -0.2) is 69.9 Å². The number of amides is 1. The van der Waals surface area contributed by atoms with Crippen LogP contribution >= 0.6 is 0 Å². The van der Waals surface area contributed by atoms with Crippen molar-refractivity contribution in [3.63, 3.8) is 0 Å². The molecule has 13 heteroatoms. The van der Waals surface area contributed by atoms with Gasteiger partial charge in [-0.1, -0.05) is 25.2 Å². The Labute approximate surface area is 310 Å². The van der Waals surface area contributed by atoms with Crippen LogP contribution < -0.4 is 25.8 Å². The zero-order chi connectivity index (χ0) is 36.9. The number of H-pyrrole nitrogens is 1. The molecule has 4 aromatic rings. The summed E-state index contributed by atoms with van der Waals surface area (Å²) in [7, 11) is 0.312. The Morgan fingerprint density at radius 1 is 0.962 bits per heavy atom. The quantitative estimate of drug-likeness (QED) is 0.131. The minimum Gasteiger partial charge on any atom is -0.384 e. The third kappa shape index (κ3) is 7.32. The van der Waals surface area contributed by atoms with Crippen molar-refractivity contribution < 1.29 is 22.7 Å². The van der Waals surface area contributed by atoms with Crippen molar-refractivity contribution in [2.45, 2.75) is 81.5 Å². The molecule has 0 saturated carbocycles. The third-order valence-electron chi connectivity index (χ3n) is 12.0. The number of nitrogens with zero attached hydrogens (tertiary/aromatic N) is 3. The monoisotopic (exact) mass is 745 g/mol. The first-order valence-electron chi connectivity index (χ1n) is 19.1. The summed E-state index contributed by atoms with van der Waals surface area (Å²) in [6, 6.07) is 14.8. The van der Waals surface area contributed by atoms with E-state index in [1.54, 1.807) is 7.11 Å². The number of imidazole rings is 1. The van der Waals surface area contributed by atoms with Gasteiger partial charge in [-0.05, 0) is 92.6 Å². The normalized spacial score (nSPS) is 25.8. The summed E-state index contributed by atoms with van der Waals surface area (Å²) in [4.78, 5) is 25.0. The number of fused-ring (bicyclic) bond motifs is 1. The first-order chi connectivity index (χ1) is 25.6. The van der Waals surface area contributed by atoms with E-state index in [0.29, 0.717) is 67.3 Å². The van der Waals surface area contributed by atoms with E-state index in [4.69, 9.17) is 9.72 Å². The predicted molar refractivity (Wildman–Crippen MR) is 206 cm³/mol. The fraction of sp³-hybridized carbons (Fsp3) is 0.500. The van der Waals surface area contributed by atoms with Crippen LogP contribution in [0.3, 0.4) is 0 Å². The summed E-state index contributed by atoms with van der Waals surface area (Å²) in [6.07, 6.45) is 3.94. The maximum absolute atomic E-state index is 16.2. The molecule has 0 bridgehead atoms. The average Bonchev–Trinajstić information content (AvgIpc) is 3.96. The number of hydrogen-bond donors (Lipinski definition) is 4. The van der Waals surface area contributed by atoms with E-state index < -0.39 is 31.6 Å². The Bertz CT molecular complexity index is 1930. The highest BCUT2D eigenvalue weighted by molar-refractivity contribution is 6.77. The lowest BCUT2D eigenvalue weighted by Gasteiger charge is -2.38. The Morgan fingerprint density at radius 2 is 1.70 bits per heavy atom. The van der Waals surface area contributed by atoms with Gasteiger partial charge in [-0.2, -0.15) is 0 Å². The standard InChI is InChI=1S/C40H50F3N7O2Si/c1-52-23-24-17-35(45-22-24)40(51)46-26-8-6-25(7-9-26)36-10-11-37(28-20-33-34(21-29(28)41)48-39(47-33)32-5-4-12-44-32)50(36)27-18-30(42)38(31(43)19-27)49-13-15-53(2,3)16-14-49/h6-9,18-21,24,32,35-37,44-45H,4-5,10-17,22-23H2,1-3H3,(H,46,51)(H,47,48)/t24?,32-,35?,36+,37+/m0/s1. The van der Waals surface area contributed by atoms with E-state index in [1.807, 2.05) is 40.1 Å². The van der Waals surface area contributed by atoms with Crippen LogP contribution in [0, 0.1) is 23.4 Å². The molecule has 5 atom stereocenters. The molecule has 5 heterocycles. The minimum absolute atomic E-state index is 0.0223. The van der Waals surface area contributed by atoms with Crippen molar-refractivity contribution in [2.24, 2.45) is 5.92 Å². The van der Waals surface area contributed by atoms with E-state index in [9.17, 15) is 4.79 Å². The van der Waals surface area contributed by atoms with Crippen LogP contribution in [0.4, 0.5) is 30.2 Å². The highest BCUT2D eigenvalue weighted by Crippen LogP contribution is 2.49. The number of nitrogens with one attached hydrogen (secondary N) is 4. The number of rotatable bonds is 9. The van der Waals surface area contributed by atoms with Gasteiger partial charge in [-0.3, -0.25) is 4.79 Å². The molecular weight excluding hydrogens is 696 g/mol. The van der Waals surface area contributed by atoms with Crippen LogP contribution in [0.15, 0.2) is 48.5 Å². The number of aromatic nitrogens is 2. The van der Waals surface area contributed by atoms with Gasteiger partial charge in [-0.25, -0.2) is 18.2 Å². The summed E-state index contributed by atoms with van der Waals surface area (Å²) < 4.78 is 53.8. The number of aromatic amines is 1. The van der Waals surface area contributed by atoms with Gasteiger partial charge in [0.15, 0.2) is 11.6 Å². The number of carbonyl (C=O) groups is 1. The van der Waals surface area contributed by atoms with Gasteiger partial charge in [0.25, 0.3) is 0 Å². The maximum Gasteiger partial charge on any atom is 0.241 e. The average molecular weight is 746 g/mol. The zero-order valence-corrected chi connectivity index (χ0v) is 31.8. The molecule has 4 aliphatic heterocycles. The highest BCUT2D eigenvalue weighted by Gasteiger charge is 2.39. The van der Waals surface area contributed by atoms with Gasteiger partial charge in [-0.15, -0.1) is 0 Å². The van der Waals surface area contributed by atoms with E-state index in [-0.39, 0.29) is 29.7 Å². The molecule has 0 spiro atoms. The minimum atomic E-state index is -1.35. The molecule has 8 rings (SSSR count). The number of carbonyl (C=O) groups excluding carboxylic acids is 1. The number of methoxy groups -OCH3 is 1. The fourth-order valence-corrected chi connectivity index (χ4v) is 10.9. The summed E-state index contributed by atoms with van der Waals surface area (Å²) in [5, 5.41) is 9.75. The molecule has 9 nitrogen and oxygen atoms in total. The number of anilines is 3. The largest absolute Gasteiger partial charge is 0.384 e. The van der Waals surface area contributed by atoms with Crippen molar-refractivity contribution in [3.05, 3.63) is 82.9 Å². The Morgan fingerprint density at radius 3 is 2.40 bits per heavy atom. The first-order valence-corrected chi connectivity index (χ1v) is 22.6. The fourth-order valence-electron chi connectivity index (χ4n) is 8.94. The van der Waals surface area contributed by atoms with Crippen molar-refractivity contribution in [1.29, 1.82) is 0 Å². The molecule has 1 aromatic heterocycles. The van der Waals surface area contributed by atoms with Crippen LogP contribution in [0.5, 0.6) is 0 Å². The van der Waals surface area contributed by atoms with Gasteiger partial charge in [0, 0.05) is 49.7 Å². The summed E-state index contributed by atoms with van der Waals surface area (Å²) in [5.74, 6) is -0.604. The number of ether oxygens (including phenoxy) is 1. The number of benzene rings is 3. The predicted octanol–water partition coefficient (Wildman–Crippen LogP) is 7.58. The van der Waals surface area contributed by atoms with Crippen molar-refractivity contribution in [1.82, 2.24) is 20.6 Å². The van der Waals surface area contributed by atoms with Crippen molar-refractivity contribution in [3.8, 4) is 0 Å². The first kappa shape index (κ1) is 36.1. The number of hydrogen-bond acceptors (Lipinski definition) is 7. The Balaban J connectivity index is 1.10. The lowest BCUT2D eigenvalue weighted by molar-refractivity contribution is -0.117. The van der Waals surface area contributed by atoms with Gasteiger partial charge < -0.3 is 35.5 Å².